The van der Waals surface area contributed by atoms with E-state index < -0.39 is 0 Å². The second-order valence-electron chi connectivity index (χ2n) is 9.35. The van der Waals surface area contributed by atoms with Gasteiger partial charge in [-0.25, -0.2) is 0 Å². The number of hydrogen-bond acceptors (Lipinski definition) is 2. The molecular formula is C22H31NO. The first-order chi connectivity index (χ1) is 11.5. The van der Waals surface area contributed by atoms with Crippen molar-refractivity contribution in [1.29, 1.82) is 5.26 Å². The summed E-state index contributed by atoms with van der Waals surface area (Å²) in [5, 5.41) is 19.0. The Hall–Kier alpha value is -1.07. The molecule has 0 unspecified atom stereocenters. The van der Waals surface area contributed by atoms with Gasteiger partial charge in [0, 0.05) is 6.08 Å². The smallest absolute Gasteiger partial charge is 0.0908 e. The van der Waals surface area contributed by atoms with E-state index in [4.69, 9.17) is 5.26 Å². The summed E-state index contributed by atoms with van der Waals surface area (Å²) < 4.78 is 0. The monoisotopic (exact) mass is 325 g/mol. The lowest BCUT2D eigenvalue weighted by molar-refractivity contribution is -0.0496. The molecule has 2 nitrogen and oxygen atoms in total. The molecule has 0 bridgehead atoms. The zero-order chi connectivity index (χ0) is 16.9. The quantitative estimate of drug-likeness (QED) is 0.544. The Morgan fingerprint density at radius 1 is 1.12 bits per heavy atom. The van der Waals surface area contributed by atoms with Crippen LogP contribution in [-0.4, -0.2) is 11.2 Å². The predicted octanol–water partition coefficient (Wildman–Crippen LogP) is 5.01. The fraction of sp³-hybridized carbons (Fsp3) is 0.773. The van der Waals surface area contributed by atoms with E-state index in [0.29, 0.717) is 16.7 Å². The van der Waals surface area contributed by atoms with E-state index >= 15 is 0 Å². The van der Waals surface area contributed by atoms with Crippen LogP contribution in [0.1, 0.15) is 65.2 Å². The Kier molecular flexibility index (Phi) is 3.92. The van der Waals surface area contributed by atoms with Crippen molar-refractivity contribution in [3.05, 3.63) is 23.8 Å². The first-order valence-electron chi connectivity index (χ1n) is 9.94. The summed E-state index contributed by atoms with van der Waals surface area (Å²) in [5.41, 5.74) is 2.30. The Labute approximate surface area is 146 Å². The van der Waals surface area contributed by atoms with Gasteiger partial charge in [-0.1, -0.05) is 31.6 Å². The molecule has 0 aromatic carbocycles. The van der Waals surface area contributed by atoms with Crippen LogP contribution in [0.15, 0.2) is 23.8 Å². The van der Waals surface area contributed by atoms with Crippen molar-refractivity contribution >= 4 is 0 Å². The van der Waals surface area contributed by atoms with Gasteiger partial charge >= 0.3 is 0 Å². The van der Waals surface area contributed by atoms with Gasteiger partial charge < -0.3 is 5.11 Å². The number of allylic oxidation sites excluding steroid dienone is 3. The molecule has 0 radical (unpaired) electrons. The molecule has 4 rings (SSSR count). The van der Waals surface area contributed by atoms with Crippen molar-refractivity contribution in [2.75, 3.05) is 0 Å². The first kappa shape index (κ1) is 16.4. The summed E-state index contributed by atoms with van der Waals surface area (Å²) in [4.78, 5) is 0. The minimum absolute atomic E-state index is 0.203. The van der Waals surface area contributed by atoms with Crippen LogP contribution in [0.3, 0.4) is 0 Å². The number of fused-ring (bicyclic) bond motifs is 5. The van der Waals surface area contributed by atoms with Crippen LogP contribution in [0.5, 0.6) is 0 Å². The second-order valence-corrected chi connectivity index (χ2v) is 9.35. The summed E-state index contributed by atoms with van der Waals surface area (Å²) in [5.74, 6) is 3.08. The molecular weight excluding hydrogens is 294 g/mol. The summed E-state index contributed by atoms with van der Waals surface area (Å²) in [7, 11) is 0. The van der Waals surface area contributed by atoms with E-state index in [-0.39, 0.29) is 6.10 Å². The fourth-order valence-corrected chi connectivity index (χ4v) is 7.23. The van der Waals surface area contributed by atoms with Crippen molar-refractivity contribution in [3.63, 3.8) is 0 Å². The number of nitrogens with zero attached hydrogens (tertiary/aromatic N) is 1. The molecule has 2 heteroatoms. The van der Waals surface area contributed by atoms with Crippen LogP contribution in [-0.2, 0) is 0 Å². The van der Waals surface area contributed by atoms with Crippen molar-refractivity contribution < 1.29 is 5.11 Å². The van der Waals surface area contributed by atoms with Crippen LogP contribution < -0.4 is 0 Å². The highest BCUT2D eigenvalue weighted by atomic mass is 16.3. The van der Waals surface area contributed by atoms with Crippen molar-refractivity contribution in [3.8, 4) is 6.07 Å². The first-order valence-corrected chi connectivity index (χ1v) is 9.94. The highest BCUT2D eigenvalue weighted by Gasteiger charge is 2.58. The third kappa shape index (κ3) is 2.24. The molecule has 4 aliphatic rings. The van der Waals surface area contributed by atoms with Crippen molar-refractivity contribution in [2.45, 2.75) is 71.3 Å². The molecule has 24 heavy (non-hydrogen) atoms. The molecule has 0 aliphatic heterocycles. The van der Waals surface area contributed by atoms with Gasteiger partial charge in [0.25, 0.3) is 0 Å². The normalized spacial score (nSPS) is 50.6. The van der Waals surface area contributed by atoms with Crippen LogP contribution >= 0.6 is 0 Å². The third-order valence-electron chi connectivity index (χ3n) is 8.57. The van der Waals surface area contributed by atoms with Gasteiger partial charge in [-0.3, -0.25) is 0 Å². The zero-order valence-electron chi connectivity index (χ0n) is 15.2. The Bertz CT molecular complexity index is 614. The van der Waals surface area contributed by atoms with E-state index in [1.54, 1.807) is 11.6 Å². The van der Waals surface area contributed by atoms with Gasteiger partial charge in [-0.15, -0.1) is 0 Å². The lowest BCUT2D eigenvalue weighted by atomic mass is 9.47. The minimum Gasteiger partial charge on any atom is -0.389 e. The second kappa shape index (κ2) is 5.73. The minimum atomic E-state index is -0.203. The summed E-state index contributed by atoms with van der Waals surface area (Å²) in [6.45, 7) is 5.00. The molecule has 0 heterocycles. The Balaban J connectivity index is 1.62. The number of aliphatic hydroxyl groups is 1. The van der Waals surface area contributed by atoms with Crippen LogP contribution in [0.25, 0.3) is 0 Å². The standard InChI is InChI=1S/C22H31NO/c1-21-12-10-20-18(19(21)8-6-15(21)4-3-13-23)7-5-16-14-17(24)9-11-22(16,20)2/h3-4,14-15,17-20,24H,5-12H2,1-2H3/b4-3-/t15-,17-,18-,19-,20-,21+,22-/m0/s1. The van der Waals surface area contributed by atoms with Gasteiger partial charge in [0.1, 0.15) is 0 Å². The topological polar surface area (TPSA) is 44.0 Å². The third-order valence-corrected chi connectivity index (χ3v) is 8.57. The zero-order valence-corrected chi connectivity index (χ0v) is 15.2. The van der Waals surface area contributed by atoms with Crippen molar-refractivity contribution in [2.24, 2.45) is 34.5 Å². The van der Waals surface area contributed by atoms with Gasteiger partial charge in [0.15, 0.2) is 0 Å². The number of aliphatic hydroxyl groups excluding tert-OH is 1. The predicted molar refractivity (Wildman–Crippen MR) is 96.0 cm³/mol. The summed E-state index contributed by atoms with van der Waals surface area (Å²) >= 11 is 0. The SMILES string of the molecule is C[C@]12CC[C@H]3[C@@H](CCC4=C[C@@H](O)CC[C@@]43C)[C@@H]1CC[C@@H]2/C=C\C#N. The molecule has 0 spiro atoms. The van der Waals surface area contributed by atoms with Gasteiger partial charge in [0.2, 0.25) is 0 Å². The molecule has 1 N–H and O–H groups in total. The van der Waals surface area contributed by atoms with Gasteiger partial charge in [-0.2, -0.15) is 5.26 Å². The number of hydrogen-bond donors (Lipinski definition) is 1. The molecule has 130 valence electrons. The molecule has 7 atom stereocenters. The Morgan fingerprint density at radius 3 is 2.75 bits per heavy atom. The average molecular weight is 325 g/mol. The Morgan fingerprint density at radius 2 is 1.96 bits per heavy atom. The summed E-state index contributed by atoms with van der Waals surface area (Å²) in [6, 6.07) is 2.20. The van der Waals surface area contributed by atoms with E-state index in [2.05, 4.69) is 32.1 Å². The molecule has 0 aromatic heterocycles. The lowest BCUT2D eigenvalue weighted by Gasteiger charge is -2.58. The molecule has 0 saturated heterocycles. The average Bonchev–Trinajstić information content (AvgIpc) is 2.90. The number of rotatable bonds is 1. The van der Waals surface area contributed by atoms with Gasteiger partial charge in [0.05, 0.1) is 12.2 Å². The molecule has 4 aliphatic carbocycles. The molecule has 0 amide bonds. The lowest BCUT2D eigenvalue weighted by Crippen LogP contribution is -2.50. The molecule has 3 saturated carbocycles. The molecule has 3 fully saturated rings. The van der Waals surface area contributed by atoms with E-state index in [0.717, 1.165) is 24.2 Å². The van der Waals surface area contributed by atoms with E-state index in [9.17, 15) is 5.11 Å². The largest absolute Gasteiger partial charge is 0.389 e. The maximum absolute atomic E-state index is 10.1. The maximum Gasteiger partial charge on any atom is 0.0908 e. The van der Waals surface area contributed by atoms with Crippen molar-refractivity contribution in [1.82, 2.24) is 0 Å². The van der Waals surface area contributed by atoms with E-state index in [1.165, 1.54) is 44.9 Å². The highest BCUT2D eigenvalue weighted by Crippen LogP contribution is 2.66. The summed E-state index contributed by atoms with van der Waals surface area (Å²) in [6.07, 6.45) is 15.8. The molecule has 0 aromatic rings. The van der Waals surface area contributed by atoms with Gasteiger partial charge in [-0.05, 0) is 85.9 Å². The van der Waals surface area contributed by atoms with Crippen LogP contribution in [0.4, 0.5) is 0 Å². The fourth-order valence-electron chi connectivity index (χ4n) is 7.23. The van der Waals surface area contributed by atoms with Crippen LogP contribution in [0, 0.1) is 45.8 Å². The van der Waals surface area contributed by atoms with E-state index in [1.807, 2.05) is 0 Å². The highest BCUT2D eigenvalue weighted by molar-refractivity contribution is 5.26. The number of nitriles is 1. The maximum atomic E-state index is 10.1. The van der Waals surface area contributed by atoms with Crippen LogP contribution in [0.2, 0.25) is 0 Å².